The molecule has 1 aromatic heterocycles. The lowest BCUT2D eigenvalue weighted by molar-refractivity contribution is -0.130. The summed E-state index contributed by atoms with van der Waals surface area (Å²) >= 11 is 0. The number of carbonyl (C=O) groups is 2. The van der Waals surface area contributed by atoms with Gasteiger partial charge in [0.2, 0.25) is 11.8 Å². The lowest BCUT2D eigenvalue weighted by Gasteiger charge is -2.24. The smallest absolute Gasteiger partial charge is 0.228 e. The number of hydrogen-bond acceptors (Lipinski definition) is 3. The van der Waals surface area contributed by atoms with E-state index in [2.05, 4.69) is 0 Å². The topological polar surface area (TPSA) is 53.8 Å². The first kappa shape index (κ1) is 17.8. The predicted octanol–water partition coefficient (Wildman–Crippen LogP) is 3.38. The molecule has 0 unspecified atom stereocenters. The lowest BCUT2D eigenvalue weighted by Crippen LogP contribution is -2.36. The average Bonchev–Trinajstić information content (AvgIpc) is 3.05. The Bertz CT molecular complexity index is 680. The second-order valence-electron chi connectivity index (χ2n) is 5.75. The van der Waals surface area contributed by atoms with Crippen molar-refractivity contribution in [2.75, 3.05) is 18.0 Å². The van der Waals surface area contributed by atoms with Gasteiger partial charge in [0.15, 0.2) is 0 Å². The maximum absolute atomic E-state index is 12.6. The molecule has 0 aliphatic heterocycles. The van der Waals surface area contributed by atoms with Crippen LogP contribution in [0.25, 0.3) is 0 Å². The molecular formula is C19H24N2O3. The first-order valence-electron chi connectivity index (χ1n) is 8.16. The van der Waals surface area contributed by atoms with Gasteiger partial charge < -0.3 is 14.2 Å². The molecule has 0 atom stereocenters. The highest BCUT2D eigenvalue weighted by molar-refractivity contribution is 5.93. The number of anilines is 1. The first-order valence-corrected chi connectivity index (χ1v) is 8.16. The van der Waals surface area contributed by atoms with Crippen LogP contribution in [-0.2, 0) is 16.1 Å². The number of hydrogen-bond donors (Lipinski definition) is 0. The van der Waals surface area contributed by atoms with Crippen LogP contribution in [0.1, 0.15) is 31.6 Å². The molecule has 5 heteroatoms. The molecule has 2 rings (SSSR count). The zero-order valence-corrected chi connectivity index (χ0v) is 14.5. The quantitative estimate of drug-likeness (QED) is 0.783. The molecule has 0 aliphatic rings. The molecule has 0 saturated carbocycles. The summed E-state index contributed by atoms with van der Waals surface area (Å²) in [4.78, 5) is 27.8. The van der Waals surface area contributed by atoms with Gasteiger partial charge in [-0.15, -0.1) is 0 Å². The van der Waals surface area contributed by atoms with Crippen LogP contribution < -0.4 is 4.90 Å². The Hall–Kier alpha value is -2.56. The number of rotatable bonds is 7. The van der Waals surface area contributed by atoms with E-state index in [1.165, 1.54) is 6.92 Å². The second kappa shape index (κ2) is 8.34. The van der Waals surface area contributed by atoms with Gasteiger partial charge in [0.25, 0.3) is 0 Å². The van der Waals surface area contributed by atoms with Crippen LogP contribution in [0.15, 0.2) is 47.1 Å². The van der Waals surface area contributed by atoms with Crippen LogP contribution in [0.3, 0.4) is 0 Å². The molecule has 0 radical (unpaired) electrons. The largest absolute Gasteiger partial charge is 0.467 e. The van der Waals surface area contributed by atoms with Gasteiger partial charge in [-0.3, -0.25) is 9.59 Å². The molecule has 128 valence electrons. The van der Waals surface area contributed by atoms with Crippen LogP contribution in [0.2, 0.25) is 0 Å². The highest BCUT2D eigenvalue weighted by Gasteiger charge is 2.17. The highest BCUT2D eigenvalue weighted by Crippen LogP contribution is 2.17. The molecule has 1 heterocycles. The fourth-order valence-electron chi connectivity index (χ4n) is 2.60. The van der Waals surface area contributed by atoms with Gasteiger partial charge in [0, 0.05) is 32.1 Å². The Morgan fingerprint density at radius 1 is 1.17 bits per heavy atom. The van der Waals surface area contributed by atoms with Crippen molar-refractivity contribution in [3.63, 3.8) is 0 Å². The maximum atomic E-state index is 12.6. The summed E-state index contributed by atoms with van der Waals surface area (Å²) in [5.74, 6) is 0.648. The van der Waals surface area contributed by atoms with Crippen molar-refractivity contribution < 1.29 is 14.0 Å². The van der Waals surface area contributed by atoms with Gasteiger partial charge in [-0.1, -0.05) is 12.1 Å². The Kier molecular flexibility index (Phi) is 6.18. The number of amides is 2. The van der Waals surface area contributed by atoms with Gasteiger partial charge in [-0.2, -0.15) is 0 Å². The van der Waals surface area contributed by atoms with Crippen molar-refractivity contribution in [2.24, 2.45) is 0 Å². The Morgan fingerprint density at radius 2 is 1.96 bits per heavy atom. The maximum Gasteiger partial charge on any atom is 0.228 e. The van der Waals surface area contributed by atoms with E-state index in [0.29, 0.717) is 25.4 Å². The fraction of sp³-hybridized carbons (Fsp3) is 0.368. The monoisotopic (exact) mass is 328 g/mol. The molecule has 2 amide bonds. The standard InChI is InChI=1S/C19H24N2O3/c1-4-21(17-8-5-7-15(2)13-17)19(23)10-11-20(16(3)22)14-18-9-6-12-24-18/h5-9,12-13H,4,10-11,14H2,1-3H3. The van der Waals surface area contributed by atoms with E-state index in [0.717, 1.165) is 11.3 Å². The van der Waals surface area contributed by atoms with E-state index in [1.54, 1.807) is 22.1 Å². The minimum atomic E-state index is -0.0715. The fourth-order valence-corrected chi connectivity index (χ4v) is 2.60. The summed E-state index contributed by atoms with van der Waals surface area (Å²) in [7, 11) is 0. The number of carbonyl (C=O) groups excluding carboxylic acids is 2. The van der Waals surface area contributed by atoms with E-state index in [4.69, 9.17) is 4.42 Å². The van der Waals surface area contributed by atoms with Crippen LogP contribution in [0.5, 0.6) is 0 Å². The third-order valence-electron chi connectivity index (χ3n) is 3.90. The van der Waals surface area contributed by atoms with E-state index in [1.807, 2.05) is 44.2 Å². The van der Waals surface area contributed by atoms with Crippen molar-refractivity contribution in [1.29, 1.82) is 0 Å². The van der Waals surface area contributed by atoms with Gasteiger partial charge >= 0.3 is 0 Å². The van der Waals surface area contributed by atoms with Crippen LogP contribution in [0.4, 0.5) is 5.69 Å². The van der Waals surface area contributed by atoms with Crippen molar-refractivity contribution >= 4 is 17.5 Å². The molecule has 0 fully saturated rings. The van der Waals surface area contributed by atoms with Gasteiger partial charge in [-0.25, -0.2) is 0 Å². The number of benzene rings is 1. The summed E-state index contributed by atoms with van der Waals surface area (Å²) < 4.78 is 5.28. The molecule has 0 aliphatic carbocycles. The number of aryl methyl sites for hydroxylation is 1. The Labute approximate surface area is 142 Å². The van der Waals surface area contributed by atoms with E-state index in [-0.39, 0.29) is 18.2 Å². The average molecular weight is 328 g/mol. The second-order valence-corrected chi connectivity index (χ2v) is 5.75. The van der Waals surface area contributed by atoms with E-state index >= 15 is 0 Å². The minimum Gasteiger partial charge on any atom is -0.467 e. The molecule has 0 spiro atoms. The molecule has 5 nitrogen and oxygen atoms in total. The molecule has 0 saturated heterocycles. The summed E-state index contributed by atoms with van der Waals surface area (Å²) in [6.07, 6.45) is 1.86. The Balaban J connectivity index is 1.99. The lowest BCUT2D eigenvalue weighted by atomic mass is 10.2. The normalized spacial score (nSPS) is 10.5. The van der Waals surface area contributed by atoms with Crippen molar-refractivity contribution in [3.8, 4) is 0 Å². The van der Waals surface area contributed by atoms with Crippen LogP contribution >= 0.6 is 0 Å². The van der Waals surface area contributed by atoms with Crippen molar-refractivity contribution in [1.82, 2.24) is 4.90 Å². The summed E-state index contributed by atoms with van der Waals surface area (Å²) in [5, 5.41) is 0. The van der Waals surface area contributed by atoms with Crippen molar-refractivity contribution in [2.45, 2.75) is 33.7 Å². The highest BCUT2D eigenvalue weighted by atomic mass is 16.3. The van der Waals surface area contributed by atoms with E-state index < -0.39 is 0 Å². The zero-order valence-electron chi connectivity index (χ0n) is 14.5. The van der Waals surface area contributed by atoms with Gasteiger partial charge in [-0.05, 0) is 43.7 Å². The number of furan rings is 1. The molecule has 1 aromatic carbocycles. The summed E-state index contributed by atoms with van der Waals surface area (Å²) in [6, 6.07) is 11.5. The van der Waals surface area contributed by atoms with Crippen LogP contribution in [0, 0.1) is 6.92 Å². The summed E-state index contributed by atoms with van der Waals surface area (Å²) in [5.41, 5.74) is 2.00. The minimum absolute atomic E-state index is 0.00814. The molecule has 0 N–H and O–H groups in total. The SMILES string of the molecule is CCN(C(=O)CCN(Cc1ccco1)C(C)=O)c1cccc(C)c1. The van der Waals surface area contributed by atoms with E-state index in [9.17, 15) is 9.59 Å². The van der Waals surface area contributed by atoms with Gasteiger partial charge in [0.05, 0.1) is 12.8 Å². The molecular weight excluding hydrogens is 304 g/mol. The number of nitrogens with zero attached hydrogens (tertiary/aromatic N) is 2. The third-order valence-corrected chi connectivity index (χ3v) is 3.90. The zero-order chi connectivity index (χ0) is 17.5. The Morgan fingerprint density at radius 3 is 2.54 bits per heavy atom. The predicted molar refractivity (Wildman–Crippen MR) is 93.6 cm³/mol. The van der Waals surface area contributed by atoms with Crippen molar-refractivity contribution in [3.05, 3.63) is 54.0 Å². The summed E-state index contributed by atoms with van der Waals surface area (Å²) in [6.45, 7) is 6.81. The molecule has 0 bridgehead atoms. The molecule has 24 heavy (non-hydrogen) atoms. The van der Waals surface area contributed by atoms with Crippen LogP contribution in [-0.4, -0.2) is 29.8 Å². The molecule has 2 aromatic rings. The third kappa shape index (κ3) is 4.72. The first-order chi connectivity index (χ1) is 11.5. The van der Waals surface area contributed by atoms with Gasteiger partial charge in [0.1, 0.15) is 5.76 Å².